The number of nitrogen functional groups attached to an aromatic ring is 1. The molecule has 1 heterocycles. The normalized spacial score (nSPS) is 7.43. The molecule has 0 aromatic carbocycles. The molecule has 0 unspecified atom stereocenters. The predicted molar refractivity (Wildman–Crippen MR) is 36.8 cm³/mol. The maximum atomic E-state index is 5.18. The SMILES string of the molecule is Br.Nc1cscn1. The lowest BCUT2D eigenvalue weighted by molar-refractivity contribution is 1.43. The van der Waals surface area contributed by atoms with Crippen LogP contribution in [0.5, 0.6) is 0 Å². The molecule has 0 bridgehead atoms. The van der Waals surface area contributed by atoms with Gasteiger partial charge in [-0.1, -0.05) is 0 Å². The van der Waals surface area contributed by atoms with Gasteiger partial charge in [0.25, 0.3) is 0 Å². The van der Waals surface area contributed by atoms with E-state index in [4.69, 9.17) is 5.73 Å². The Kier molecular flexibility index (Phi) is 2.95. The molecule has 0 aliphatic rings. The van der Waals surface area contributed by atoms with E-state index in [0.29, 0.717) is 5.82 Å². The summed E-state index contributed by atoms with van der Waals surface area (Å²) in [6.45, 7) is 0. The van der Waals surface area contributed by atoms with Gasteiger partial charge in [0.15, 0.2) is 0 Å². The van der Waals surface area contributed by atoms with E-state index in [-0.39, 0.29) is 17.0 Å². The van der Waals surface area contributed by atoms with E-state index in [9.17, 15) is 0 Å². The summed E-state index contributed by atoms with van der Waals surface area (Å²) in [4.78, 5) is 3.71. The molecule has 0 saturated heterocycles. The molecule has 0 aliphatic carbocycles. The molecule has 1 aromatic heterocycles. The summed E-state index contributed by atoms with van der Waals surface area (Å²) in [6, 6.07) is 0. The molecular weight excluding hydrogens is 176 g/mol. The van der Waals surface area contributed by atoms with Gasteiger partial charge in [-0.3, -0.25) is 0 Å². The first kappa shape index (κ1) is 6.91. The van der Waals surface area contributed by atoms with Crippen molar-refractivity contribution in [2.24, 2.45) is 0 Å². The van der Waals surface area contributed by atoms with Crippen LogP contribution in [0.2, 0.25) is 0 Å². The Balaban J connectivity index is 0.000000360. The minimum atomic E-state index is 0. The van der Waals surface area contributed by atoms with E-state index in [1.165, 1.54) is 11.3 Å². The average molecular weight is 181 g/mol. The molecule has 0 fully saturated rings. The van der Waals surface area contributed by atoms with E-state index in [0.717, 1.165) is 0 Å². The van der Waals surface area contributed by atoms with Gasteiger partial charge >= 0.3 is 0 Å². The van der Waals surface area contributed by atoms with E-state index in [1.54, 1.807) is 10.9 Å². The van der Waals surface area contributed by atoms with Crippen LogP contribution < -0.4 is 5.73 Å². The van der Waals surface area contributed by atoms with Crippen molar-refractivity contribution in [1.29, 1.82) is 0 Å². The zero-order chi connectivity index (χ0) is 4.41. The fraction of sp³-hybridized carbons (Fsp3) is 0. The molecule has 4 heteroatoms. The van der Waals surface area contributed by atoms with Crippen LogP contribution in [0.25, 0.3) is 0 Å². The summed E-state index contributed by atoms with van der Waals surface area (Å²) in [7, 11) is 0. The molecule has 0 amide bonds. The summed E-state index contributed by atoms with van der Waals surface area (Å²) in [5.41, 5.74) is 6.88. The minimum Gasteiger partial charge on any atom is -0.383 e. The van der Waals surface area contributed by atoms with Crippen LogP contribution in [0.3, 0.4) is 0 Å². The Bertz CT molecular complexity index is 116. The number of rotatable bonds is 0. The number of aromatic nitrogens is 1. The molecular formula is C3H5BrN2S. The first-order chi connectivity index (χ1) is 2.89. The summed E-state index contributed by atoms with van der Waals surface area (Å²) < 4.78 is 0. The van der Waals surface area contributed by atoms with Crippen molar-refractivity contribution in [2.75, 3.05) is 5.73 Å². The van der Waals surface area contributed by atoms with Crippen LogP contribution in [0.15, 0.2) is 10.9 Å². The van der Waals surface area contributed by atoms with Crippen LogP contribution in [-0.2, 0) is 0 Å². The maximum absolute atomic E-state index is 5.18. The second-order valence-electron chi connectivity index (χ2n) is 0.913. The number of hydrogen-bond acceptors (Lipinski definition) is 3. The highest BCUT2D eigenvalue weighted by Crippen LogP contribution is 1.99. The van der Waals surface area contributed by atoms with Gasteiger partial charge in [0.1, 0.15) is 5.82 Å². The van der Waals surface area contributed by atoms with Crippen LogP contribution in [0.4, 0.5) is 5.82 Å². The Morgan fingerprint density at radius 2 is 2.43 bits per heavy atom. The van der Waals surface area contributed by atoms with Crippen LogP contribution in [0.1, 0.15) is 0 Å². The molecule has 0 spiro atoms. The minimum absolute atomic E-state index is 0. The van der Waals surface area contributed by atoms with Gasteiger partial charge in [0.05, 0.1) is 5.51 Å². The second kappa shape index (κ2) is 2.98. The molecule has 1 aromatic rings. The molecule has 2 N–H and O–H groups in total. The zero-order valence-corrected chi connectivity index (χ0v) is 6.03. The lowest BCUT2D eigenvalue weighted by Gasteiger charge is -1.67. The summed E-state index contributed by atoms with van der Waals surface area (Å²) in [5.74, 6) is 0.611. The number of anilines is 1. The van der Waals surface area contributed by atoms with Gasteiger partial charge in [-0.25, -0.2) is 4.98 Å². The van der Waals surface area contributed by atoms with E-state index in [2.05, 4.69) is 4.98 Å². The van der Waals surface area contributed by atoms with Gasteiger partial charge in [-0.05, 0) is 0 Å². The van der Waals surface area contributed by atoms with E-state index in [1.807, 2.05) is 0 Å². The molecule has 0 radical (unpaired) electrons. The van der Waals surface area contributed by atoms with Crippen LogP contribution in [0, 0.1) is 0 Å². The van der Waals surface area contributed by atoms with Crippen molar-refractivity contribution in [3.8, 4) is 0 Å². The quantitative estimate of drug-likeness (QED) is 0.655. The van der Waals surface area contributed by atoms with E-state index < -0.39 is 0 Å². The number of nitrogens with two attached hydrogens (primary N) is 1. The van der Waals surface area contributed by atoms with Gasteiger partial charge in [-0.2, -0.15) is 0 Å². The highest BCUT2D eigenvalue weighted by Gasteiger charge is 1.76. The van der Waals surface area contributed by atoms with Crippen molar-refractivity contribution in [3.63, 3.8) is 0 Å². The molecule has 0 saturated carbocycles. The fourth-order valence-electron chi connectivity index (χ4n) is 0.222. The number of halogens is 1. The lowest BCUT2D eigenvalue weighted by atomic mass is 10.9. The fourth-order valence-corrected chi connectivity index (χ4v) is 0.666. The average Bonchev–Trinajstić information content (AvgIpc) is 1.86. The smallest absolute Gasteiger partial charge is 0.134 e. The van der Waals surface area contributed by atoms with Crippen molar-refractivity contribution in [2.45, 2.75) is 0 Å². The van der Waals surface area contributed by atoms with Gasteiger partial charge in [0.2, 0.25) is 0 Å². The lowest BCUT2D eigenvalue weighted by Crippen LogP contribution is -1.79. The Morgan fingerprint density at radius 3 is 2.57 bits per heavy atom. The monoisotopic (exact) mass is 180 g/mol. The van der Waals surface area contributed by atoms with Crippen molar-refractivity contribution < 1.29 is 0 Å². The molecule has 7 heavy (non-hydrogen) atoms. The standard InChI is InChI=1S/C3H4N2S.BrH/c4-3-1-6-2-5-3;/h1-2H,4H2;1H. The maximum Gasteiger partial charge on any atom is 0.134 e. The summed E-state index contributed by atoms with van der Waals surface area (Å²) in [6.07, 6.45) is 0. The predicted octanol–water partition coefficient (Wildman–Crippen LogP) is 1.30. The first-order valence-electron chi connectivity index (χ1n) is 1.53. The highest BCUT2D eigenvalue weighted by molar-refractivity contribution is 8.93. The Labute approximate surface area is 56.1 Å². The van der Waals surface area contributed by atoms with E-state index >= 15 is 0 Å². The Hall–Kier alpha value is -0.0900. The topological polar surface area (TPSA) is 38.9 Å². The van der Waals surface area contributed by atoms with Crippen molar-refractivity contribution >= 4 is 34.1 Å². The summed E-state index contributed by atoms with van der Waals surface area (Å²) >= 11 is 1.50. The van der Waals surface area contributed by atoms with Crippen LogP contribution >= 0.6 is 28.3 Å². The number of thiazole rings is 1. The second-order valence-corrected chi connectivity index (χ2v) is 1.63. The largest absolute Gasteiger partial charge is 0.383 e. The summed E-state index contributed by atoms with van der Waals surface area (Å²) in [5, 5.41) is 1.79. The number of nitrogens with zero attached hydrogens (tertiary/aromatic N) is 1. The van der Waals surface area contributed by atoms with Crippen molar-refractivity contribution in [1.82, 2.24) is 4.98 Å². The third-order valence-electron chi connectivity index (χ3n) is 0.451. The molecule has 1 rings (SSSR count). The molecule has 2 nitrogen and oxygen atoms in total. The first-order valence-corrected chi connectivity index (χ1v) is 2.47. The van der Waals surface area contributed by atoms with Gasteiger partial charge < -0.3 is 5.73 Å². The third kappa shape index (κ3) is 1.89. The Morgan fingerprint density at radius 1 is 1.71 bits per heavy atom. The number of hydrogen-bond donors (Lipinski definition) is 1. The third-order valence-corrected chi connectivity index (χ3v) is 1.06. The van der Waals surface area contributed by atoms with Gasteiger partial charge in [-0.15, -0.1) is 28.3 Å². The van der Waals surface area contributed by atoms with Crippen LogP contribution in [-0.4, -0.2) is 4.98 Å². The zero-order valence-electron chi connectivity index (χ0n) is 3.50. The molecule has 40 valence electrons. The van der Waals surface area contributed by atoms with Crippen molar-refractivity contribution in [3.05, 3.63) is 10.9 Å². The molecule has 0 aliphatic heterocycles. The molecule has 0 atom stereocenters. The highest BCUT2D eigenvalue weighted by atomic mass is 79.9. The van der Waals surface area contributed by atoms with Gasteiger partial charge in [0, 0.05) is 5.38 Å².